The second-order valence-electron chi connectivity index (χ2n) is 5.64. The van der Waals surface area contributed by atoms with Gasteiger partial charge in [0.15, 0.2) is 23.1 Å². The number of nitrogens with one attached hydrogen (secondary N) is 2. The monoisotopic (exact) mass is 385 g/mol. The number of ether oxygens (including phenoxy) is 3. The van der Waals surface area contributed by atoms with Crippen molar-refractivity contribution < 1.29 is 18.6 Å². The van der Waals surface area contributed by atoms with Gasteiger partial charge >= 0.3 is 0 Å². The van der Waals surface area contributed by atoms with E-state index in [1.165, 1.54) is 21.3 Å². The molecule has 0 saturated heterocycles. The number of hydrogen-bond donors (Lipinski definition) is 3. The molecule has 4 N–H and O–H groups in total. The predicted molar refractivity (Wildman–Crippen MR) is 106 cm³/mol. The van der Waals surface area contributed by atoms with Gasteiger partial charge in [-0.1, -0.05) is 12.1 Å². The van der Waals surface area contributed by atoms with E-state index in [0.29, 0.717) is 34.3 Å². The minimum absolute atomic E-state index is 0.0113. The Balaban J connectivity index is 1.90. The standard InChI is InChI=1S/C19H20FN5O3/c1-26-15-8-11(9-16(27-2)17(15)28-3)23-19-22-10-12(20)18(25-19)24-14-7-5-4-6-13(14)21/h4-10H,21H2,1-3H3,(H2,22,23,24,25). The first-order valence-corrected chi connectivity index (χ1v) is 8.26. The number of para-hydroxylation sites is 2. The number of nitrogen functional groups attached to an aromatic ring is 1. The molecule has 0 spiro atoms. The highest BCUT2D eigenvalue weighted by molar-refractivity contribution is 5.72. The molecule has 28 heavy (non-hydrogen) atoms. The molecule has 0 aliphatic rings. The van der Waals surface area contributed by atoms with Gasteiger partial charge in [-0.05, 0) is 12.1 Å². The van der Waals surface area contributed by atoms with Crippen LogP contribution in [-0.2, 0) is 0 Å². The Morgan fingerprint density at radius 2 is 1.64 bits per heavy atom. The van der Waals surface area contributed by atoms with Crippen LogP contribution in [0.25, 0.3) is 0 Å². The molecule has 0 unspecified atom stereocenters. The number of hydrogen-bond acceptors (Lipinski definition) is 8. The molecule has 1 aromatic heterocycles. The summed E-state index contributed by atoms with van der Waals surface area (Å²) in [7, 11) is 4.55. The van der Waals surface area contributed by atoms with Crippen molar-refractivity contribution in [3.8, 4) is 17.2 Å². The van der Waals surface area contributed by atoms with E-state index in [0.717, 1.165) is 6.20 Å². The minimum Gasteiger partial charge on any atom is -0.493 e. The maximum absolute atomic E-state index is 14.1. The average molecular weight is 385 g/mol. The van der Waals surface area contributed by atoms with E-state index in [9.17, 15) is 4.39 Å². The zero-order valence-corrected chi connectivity index (χ0v) is 15.6. The predicted octanol–water partition coefficient (Wildman–Crippen LogP) is 3.71. The Labute approximate surface area is 161 Å². The van der Waals surface area contributed by atoms with E-state index in [4.69, 9.17) is 19.9 Å². The number of nitrogens with zero attached hydrogens (tertiary/aromatic N) is 2. The van der Waals surface area contributed by atoms with Gasteiger partial charge in [0, 0.05) is 17.8 Å². The lowest BCUT2D eigenvalue weighted by Gasteiger charge is -2.15. The second kappa shape index (κ2) is 8.30. The SMILES string of the molecule is COc1cc(Nc2ncc(F)c(Nc3ccccc3N)n2)cc(OC)c1OC. The lowest BCUT2D eigenvalue weighted by atomic mass is 10.2. The van der Waals surface area contributed by atoms with E-state index in [2.05, 4.69) is 20.6 Å². The Hall–Kier alpha value is -3.75. The number of aromatic nitrogens is 2. The van der Waals surface area contributed by atoms with Gasteiger partial charge in [0.2, 0.25) is 11.7 Å². The molecule has 0 bridgehead atoms. The number of nitrogens with two attached hydrogens (primary N) is 1. The molecule has 0 saturated carbocycles. The van der Waals surface area contributed by atoms with Gasteiger partial charge in [-0.15, -0.1) is 0 Å². The van der Waals surface area contributed by atoms with Crippen molar-refractivity contribution in [3.63, 3.8) is 0 Å². The van der Waals surface area contributed by atoms with Crippen LogP contribution in [0, 0.1) is 5.82 Å². The summed E-state index contributed by atoms with van der Waals surface area (Å²) in [4.78, 5) is 8.15. The minimum atomic E-state index is -0.612. The van der Waals surface area contributed by atoms with Gasteiger partial charge in [0.1, 0.15) is 0 Å². The second-order valence-corrected chi connectivity index (χ2v) is 5.64. The van der Waals surface area contributed by atoms with Crippen molar-refractivity contribution >= 4 is 28.8 Å². The first kappa shape index (κ1) is 19.0. The maximum Gasteiger partial charge on any atom is 0.229 e. The highest BCUT2D eigenvalue weighted by Gasteiger charge is 2.15. The first-order valence-electron chi connectivity index (χ1n) is 8.26. The molecule has 0 amide bonds. The Morgan fingerprint density at radius 1 is 0.964 bits per heavy atom. The topological polar surface area (TPSA) is 104 Å². The molecule has 0 atom stereocenters. The van der Waals surface area contributed by atoms with Gasteiger partial charge < -0.3 is 30.6 Å². The van der Waals surface area contributed by atoms with Crippen LogP contribution in [0.1, 0.15) is 0 Å². The van der Waals surface area contributed by atoms with Crippen molar-refractivity contribution in [2.45, 2.75) is 0 Å². The van der Waals surface area contributed by atoms with Gasteiger partial charge in [0.05, 0.1) is 38.9 Å². The van der Waals surface area contributed by atoms with Crippen LogP contribution in [0.4, 0.5) is 33.2 Å². The summed E-state index contributed by atoms with van der Waals surface area (Å²) in [5.41, 5.74) is 7.48. The Morgan fingerprint density at radius 3 is 2.25 bits per heavy atom. The largest absolute Gasteiger partial charge is 0.493 e. The van der Waals surface area contributed by atoms with Crippen LogP contribution >= 0.6 is 0 Å². The average Bonchev–Trinajstić information content (AvgIpc) is 2.71. The molecule has 8 nitrogen and oxygen atoms in total. The summed E-state index contributed by atoms with van der Waals surface area (Å²) >= 11 is 0. The van der Waals surface area contributed by atoms with E-state index in [-0.39, 0.29) is 11.8 Å². The molecule has 0 aliphatic heterocycles. The molecular formula is C19H20FN5O3. The van der Waals surface area contributed by atoms with Crippen LogP contribution in [0.15, 0.2) is 42.6 Å². The molecule has 0 aliphatic carbocycles. The Kier molecular flexibility index (Phi) is 5.64. The van der Waals surface area contributed by atoms with Crippen molar-refractivity contribution in [3.05, 3.63) is 48.4 Å². The number of methoxy groups -OCH3 is 3. The highest BCUT2D eigenvalue weighted by atomic mass is 19.1. The molecule has 0 radical (unpaired) electrons. The molecule has 146 valence electrons. The number of benzene rings is 2. The summed E-state index contributed by atoms with van der Waals surface area (Å²) in [5.74, 6) is 0.926. The Bertz CT molecular complexity index is 959. The van der Waals surface area contributed by atoms with Crippen LogP contribution in [-0.4, -0.2) is 31.3 Å². The van der Waals surface area contributed by atoms with Crippen LogP contribution in [0.2, 0.25) is 0 Å². The molecular weight excluding hydrogens is 365 g/mol. The first-order chi connectivity index (χ1) is 13.5. The van der Waals surface area contributed by atoms with Crippen molar-refractivity contribution in [1.82, 2.24) is 9.97 Å². The van der Waals surface area contributed by atoms with Gasteiger partial charge in [-0.2, -0.15) is 4.98 Å². The summed E-state index contributed by atoms with van der Waals surface area (Å²) in [6.45, 7) is 0. The van der Waals surface area contributed by atoms with E-state index in [1.54, 1.807) is 36.4 Å². The summed E-state index contributed by atoms with van der Waals surface area (Å²) in [5, 5.41) is 5.87. The van der Waals surface area contributed by atoms with E-state index in [1.807, 2.05) is 0 Å². The van der Waals surface area contributed by atoms with Gasteiger partial charge in [-0.25, -0.2) is 9.37 Å². The third-order valence-electron chi connectivity index (χ3n) is 3.88. The normalized spacial score (nSPS) is 10.3. The number of halogens is 1. The summed E-state index contributed by atoms with van der Waals surface area (Å²) in [6, 6.07) is 10.4. The molecule has 3 rings (SSSR count). The third-order valence-corrected chi connectivity index (χ3v) is 3.88. The number of anilines is 5. The van der Waals surface area contributed by atoms with Crippen LogP contribution in [0.5, 0.6) is 17.2 Å². The molecule has 3 aromatic rings. The number of rotatable bonds is 7. The van der Waals surface area contributed by atoms with Crippen molar-refractivity contribution in [1.29, 1.82) is 0 Å². The fourth-order valence-electron chi connectivity index (χ4n) is 2.54. The van der Waals surface area contributed by atoms with Crippen molar-refractivity contribution in [2.75, 3.05) is 37.7 Å². The van der Waals surface area contributed by atoms with Gasteiger partial charge in [0.25, 0.3) is 0 Å². The third kappa shape index (κ3) is 3.98. The summed E-state index contributed by atoms with van der Waals surface area (Å²) < 4.78 is 30.1. The molecule has 0 fully saturated rings. The zero-order valence-electron chi connectivity index (χ0n) is 15.6. The lowest BCUT2D eigenvalue weighted by molar-refractivity contribution is 0.324. The fraction of sp³-hybridized carbons (Fsp3) is 0.158. The van der Waals surface area contributed by atoms with Gasteiger partial charge in [-0.3, -0.25) is 0 Å². The molecule has 9 heteroatoms. The van der Waals surface area contributed by atoms with E-state index >= 15 is 0 Å². The quantitative estimate of drug-likeness (QED) is 0.529. The van der Waals surface area contributed by atoms with E-state index < -0.39 is 5.82 Å². The molecule has 2 aromatic carbocycles. The molecule has 1 heterocycles. The summed E-state index contributed by atoms with van der Waals surface area (Å²) in [6.07, 6.45) is 1.06. The zero-order chi connectivity index (χ0) is 20.1. The van der Waals surface area contributed by atoms with Crippen molar-refractivity contribution in [2.24, 2.45) is 0 Å². The lowest BCUT2D eigenvalue weighted by Crippen LogP contribution is -2.05. The fourth-order valence-corrected chi connectivity index (χ4v) is 2.54. The van der Waals surface area contributed by atoms with Crippen LogP contribution < -0.4 is 30.6 Å². The maximum atomic E-state index is 14.1. The smallest absolute Gasteiger partial charge is 0.229 e. The highest BCUT2D eigenvalue weighted by Crippen LogP contribution is 2.40. The van der Waals surface area contributed by atoms with Crippen LogP contribution in [0.3, 0.4) is 0 Å².